The lowest BCUT2D eigenvalue weighted by molar-refractivity contribution is -0.131. The molecule has 0 aliphatic rings. The van der Waals surface area contributed by atoms with Gasteiger partial charge >= 0.3 is 11.9 Å². The SMILES string of the molecule is C=C(C)C(=O)Oc1ccc(-c2cc(COC)c(OC(=O)C(=C)C)c(COC)c2)cc1. The molecule has 0 amide bonds. The molecule has 0 heterocycles. The van der Waals surface area contributed by atoms with Crippen molar-refractivity contribution in [2.75, 3.05) is 14.2 Å². The topological polar surface area (TPSA) is 71.1 Å². The minimum absolute atomic E-state index is 0.248. The van der Waals surface area contributed by atoms with Crippen LogP contribution in [0.3, 0.4) is 0 Å². The van der Waals surface area contributed by atoms with Crippen LogP contribution in [0.5, 0.6) is 11.5 Å². The molecule has 2 aromatic carbocycles. The lowest BCUT2D eigenvalue weighted by Gasteiger charge is -2.17. The summed E-state index contributed by atoms with van der Waals surface area (Å²) in [6.07, 6.45) is 0. The fraction of sp³-hybridized carbons (Fsp3) is 0.250. The summed E-state index contributed by atoms with van der Waals surface area (Å²) in [5.41, 5.74) is 3.79. The number of rotatable bonds is 9. The van der Waals surface area contributed by atoms with Crippen molar-refractivity contribution in [3.8, 4) is 22.6 Å². The van der Waals surface area contributed by atoms with Gasteiger partial charge in [0.25, 0.3) is 0 Å². The molecule has 2 aromatic rings. The second-order valence-electron chi connectivity index (χ2n) is 6.85. The Labute approximate surface area is 176 Å². The Morgan fingerprint density at radius 1 is 0.767 bits per heavy atom. The maximum absolute atomic E-state index is 12.1. The van der Waals surface area contributed by atoms with E-state index in [0.717, 1.165) is 11.1 Å². The first-order valence-corrected chi connectivity index (χ1v) is 9.26. The van der Waals surface area contributed by atoms with Gasteiger partial charge in [0.1, 0.15) is 11.5 Å². The Morgan fingerprint density at radius 3 is 1.67 bits per heavy atom. The Balaban J connectivity index is 2.45. The monoisotopic (exact) mass is 410 g/mol. The molecule has 158 valence electrons. The second kappa shape index (κ2) is 10.5. The molecule has 6 nitrogen and oxygen atoms in total. The highest BCUT2D eigenvalue weighted by Gasteiger charge is 2.17. The van der Waals surface area contributed by atoms with Crippen molar-refractivity contribution < 1.29 is 28.5 Å². The minimum atomic E-state index is -0.513. The highest BCUT2D eigenvalue weighted by atomic mass is 16.5. The lowest BCUT2D eigenvalue weighted by Crippen LogP contribution is -2.12. The third-order valence-corrected chi connectivity index (χ3v) is 4.13. The van der Waals surface area contributed by atoms with Crippen molar-refractivity contribution in [1.29, 1.82) is 0 Å². The standard InChI is InChI=1S/C24H26O6/c1-15(2)23(25)29-21-9-7-17(8-10-21)18-11-19(13-27-5)22(20(12-18)14-28-6)30-24(26)16(3)4/h7-12H,1,3,13-14H2,2,4-6H3. The predicted molar refractivity (Wildman–Crippen MR) is 114 cm³/mol. The Morgan fingerprint density at radius 2 is 1.23 bits per heavy atom. The van der Waals surface area contributed by atoms with Gasteiger partial charge in [-0.3, -0.25) is 0 Å². The zero-order valence-electron chi connectivity index (χ0n) is 17.7. The largest absolute Gasteiger partial charge is 0.423 e. The van der Waals surface area contributed by atoms with Gasteiger partial charge in [-0.1, -0.05) is 25.3 Å². The number of methoxy groups -OCH3 is 2. The fourth-order valence-electron chi connectivity index (χ4n) is 2.67. The van der Waals surface area contributed by atoms with Crippen LogP contribution in [0.15, 0.2) is 60.7 Å². The number of carbonyl (C=O) groups excluding carboxylic acids is 2. The summed E-state index contributed by atoms with van der Waals surface area (Å²) in [6, 6.07) is 10.9. The summed E-state index contributed by atoms with van der Waals surface area (Å²) >= 11 is 0. The van der Waals surface area contributed by atoms with E-state index < -0.39 is 11.9 Å². The van der Waals surface area contributed by atoms with E-state index in [1.807, 2.05) is 24.3 Å². The first kappa shape index (κ1) is 23.1. The minimum Gasteiger partial charge on any atom is -0.423 e. The summed E-state index contributed by atoms with van der Waals surface area (Å²) in [5, 5.41) is 0. The number of carbonyl (C=O) groups is 2. The van der Waals surface area contributed by atoms with Crippen molar-refractivity contribution in [1.82, 2.24) is 0 Å². The number of hydrogen-bond donors (Lipinski definition) is 0. The molecule has 0 fully saturated rings. The zero-order chi connectivity index (χ0) is 22.3. The molecule has 6 heteroatoms. The third-order valence-electron chi connectivity index (χ3n) is 4.13. The number of ether oxygens (including phenoxy) is 4. The number of benzene rings is 2. The van der Waals surface area contributed by atoms with Gasteiger partial charge in [0.05, 0.1) is 13.2 Å². The van der Waals surface area contributed by atoms with Crippen molar-refractivity contribution in [2.24, 2.45) is 0 Å². The van der Waals surface area contributed by atoms with Crippen LogP contribution < -0.4 is 9.47 Å². The van der Waals surface area contributed by atoms with Gasteiger partial charge in [-0.2, -0.15) is 0 Å². The van der Waals surface area contributed by atoms with Gasteiger partial charge in [0.15, 0.2) is 0 Å². The molecule has 0 aromatic heterocycles. The predicted octanol–water partition coefficient (Wildman–Crippen LogP) is 4.61. The van der Waals surface area contributed by atoms with Crippen molar-refractivity contribution in [3.05, 3.63) is 71.8 Å². The van der Waals surface area contributed by atoms with E-state index in [4.69, 9.17) is 18.9 Å². The van der Waals surface area contributed by atoms with E-state index in [1.165, 1.54) is 0 Å². The molecule has 0 aliphatic heterocycles. The van der Waals surface area contributed by atoms with Gasteiger partial charge in [0, 0.05) is 36.5 Å². The second-order valence-corrected chi connectivity index (χ2v) is 6.85. The molecule has 0 aliphatic carbocycles. The molecule has 30 heavy (non-hydrogen) atoms. The molecule has 0 radical (unpaired) electrons. The van der Waals surface area contributed by atoms with Crippen LogP contribution in [0, 0.1) is 0 Å². The van der Waals surface area contributed by atoms with Crippen LogP contribution in [-0.4, -0.2) is 26.2 Å². The quantitative estimate of drug-likeness (QED) is 0.342. The van der Waals surface area contributed by atoms with Crippen LogP contribution in [0.4, 0.5) is 0 Å². The molecule has 0 spiro atoms. The van der Waals surface area contributed by atoms with Crippen molar-refractivity contribution >= 4 is 11.9 Å². The Hall–Kier alpha value is -3.22. The van der Waals surface area contributed by atoms with E-state index in [2.05, 4.69) is 13.2 Å². The maximum Gasteiger partial charge on any atom is 0.338 e. The lowest BCUT2D eigenvalue weighted by atomic mass is 9.98. The molecule has 0 saturated carbocycles. The zero-order valence-corrected chi connectivity index (χ0v) is 17.7. The highest BCUT2D eigenvalue weighted by molar-refractivity contribution is 5.89. The molecule has 2 rings (SSSR count). The van der Waals surface area contributed by atoms with Gasteiger partial charge in [-0.25, -0.2) is 9.59 Å². The average molecular weight is 410 g/mol. The smallest absolute Gasteiger partial charge is 0.338 e. The summed E-state index contributed by atoms with van der Waals surface area (Å²) in [6.45, 7) is 10.9. The fourth-order valence-corrected chi connectivity index (χ4v) is 2.67. The van der Waals surface area contributed by atoms with Crippen molar-refractivity contribution in [3.63, 3.8) is 0 Å². The van der Waals surface area contributed by atoms with E-state index in [-0.39, 0.29) is 13.2 Å². The van der Waals surface area contributed by atoms with Crippen LogP contribution >= 0.6 is 0 Å². The molecular weight excluding hydrogens is 384 g/mol. The summed E-state index contributed by atoms with van der Waals surface area (Å²) in [7, 11) is 3.13. The van der Waals surface area contributed by atoms with Gasteiger partial charge in [-0.15, -0.1) is 0 Å². The molecule has 0 N–H and O–H groups in total. The van der Waals surface area contributed by atoms with Crippen LogP contribution in [0.25, 0.3) is 11.1 Å². The van der Waals surface area contributed by atoms with Crippen LogP contribution in [0.1, 0.15) is 25.0 Å². The summed E-state index contributed by atoms with van der Waals surface area (Å²) in [5.74, 6) is -0.159. The van der Waals surface area contributed by atoms with Gasteiger partial charge < -0.3 is 18.9 Å². The number of hydrogen-bond acceptors (Lipinski definition) is 6. The third kappa shape index (κ3) is 5.89. The molecule has 0 saturated heterocycles. The molecular formula is C24H26O6. The average Bonchev–Trinajstić information content (AvgIpc) is 2.70. The van der Waals surface area contributed by atoms with Gasteiger partial charge in [-0.05, 0) is 49.2 Å². The van der Waals surface area contributed by atoms with E-state index >= 15 is 0 Å². The Kier molecular flexibility index (Phi) is 8.09. The van der Waals surface area contributed by atoms with Gasteiger partial charge in [0.2, 0.25) is 0 Å². The van der Waals surface area contributed by atoms with E-state index in [9.17, 15) is 9.59 Å². The molecule has 0 atom stereocenters. The highest BCUT2D eigenvalue weighted by Crippen LogP contribution is 2.33. The van der Waals surface area contributed by atoms with E-state index in [1.54, 1.807) is 40.2 Å². The molecule has 0 bridgehead atoms. The normalized spacial score (nSPS) is 10.4. The molecule has 0 unspecified atom stereocenters. The first-order chi connectivity index (χ1) is 14.3. The maximum atomic E-state index is 12.1. The summed E-state index contributed by atoms with van der Waals surface area (Å²) < 4.78 is 21.4. The first-order valence-electron chi connectivity index (χ1n) is 9.26. The summed E-state index contributed by atoms with van der Waals surface area (Å²) in [4.78, 5) is 23.8. The number of esters is 2. The van der Waals surface area contributed by atoms with Crippen molar-refractivity contribution in [2.45, 2.75) is 27.1 Å². The van der Waals surface area contributed by atoms with Crippen LogP contribution in [0.2, 0.25) is 0 Å². The van der Waals surface area contributed by atoms with Crippen LogP contribution in [-0.2, 0) is 32.3 Å². The Bertz CT molecular complexity index is 929. The van der Waals surface area contributed by atoms with E-state index in [0.29, 0.717) is 33.8 Å².